The van der Waals surface area contributed by atoms with E-state index < -0.39 is 5.60 Å². The Bertz CT molecular complexity index is 560. The van der Waals surface area contributed by atoms with Gasteiger partial charge in [0.2, 0.25) is 5.91 Å². The van der Waals surface area contributed by atoms with E-state index >= 15 is 0 Å². The van der Waals surface area contributed by atoms with E-state index in [1.54, 1.807) is 13.8 Å². The maximum atomic E-state index is 12.6. The number of likely N-dealkylation sites (N-methyl/N-ethyl adjacent to an activating group) is 1. The summed E-state index contributed by atoms with van der Waals surface area (Å²) in [6, 6.07) is 8.49. The van der Waals surface area contributed by atoms with Crippen LogP contribution in [0.5, 0.6) is 0 Å². The molecule has 0 spiro atoms. The molecule has 0 saturated carbocycles. The fraction of sp³-hybridized carbons (Fsp3) is 0.650. The lowest BCUT2D eigenvalue weighted by atomic mass is 10.1. The van der Waals surface area contributed by atoms with E-state index in [2.05, 4.69) is 36.1 Å². The van der Waals surface area contributed by atoms with Crippen LogP contribution in [0.3, 0.4) is 0 Å². The Morgan fingerprint density at radius 3 is 2.40 bits per heavy atom. The van der Waals surface area contributed by atoms with Crippen LogP contribution < -0.4 is 0 Å². The second kappa shape index (κ2) is 8.79. The number of rotatable bonds is 7. The maximum absolute atomic E-state index is 12.6. The maximum Gasteiger partial charge on any atom is 0.236 e. The first-order chi connectivity index (χ1) is 11.8. The van der Waals surface area contributed by atoms with E-state index in [9.17, 15) is 9.90 Å². The molecule has 1 aromatic carbocycles. The Labute approximate surface area is 152 Å². The highest BCUT2D eigenvalue weighted by Gasteiger charge is 2.24. The molecular weight excluding hydrogens is 314 g/mol. The zero-order valence-electron chi connectivity index (χ0n) is 16.2. The largest absolute Gasteiger partial charge is 0.389 e. The minimum absolute atomic E-state index is 0.168. The summed E-state index contributed by atoms with van der Waals surface area (Å²) in [6.07, 6.45) is 0. The molecule has 1 heterocycles. The van der Waals surface area contributed by atoms with Gasteiger partial charge in [-0.15, -0.1) is 0 Å². The molecule has 1 fully saturated rings. The standard InChI is InChI=1S/C20H33N3O2/c1-5-21(16-20(3,4)25)15-19(24)23-12-10-22(11-13-23)14-18-9-7-6-8-17(18)2/h6-9,25H,5,10-16H2,1-4H3. The van der Waals surface area contributed by atoms with Gasteiger partial charge in [-0.25, -0.2) is 0 Å². The van der Waals surface area contributed by atoms with Gasteiger partial charge in [0.15, 0.2) is 0 Å². The molecule has 0 radical (unpaired) electrons. The number of nitrogens with zero attached hydrogens (tertiary/aromatic N) is 3. The van der Waals surface area contributed by atoms with Crippen molar-refractivity contribution in [3.05, 3.63) is 35.4 Å². The highest BCUT2D eigenvalue weighted by Crippen LogP contribution is 2.13. The van der Waals surface area contributed by atoms with Crippen molar-refractivity contribution < 1.29 is 9.90 Å². The molecule has 0 aromatic heterocycles. The molecule has 1 N–H and O–H groups in total. The average Bonchev–Trinajstić information content (AvgIpc) is 2.55. The lowest BCUT2D eigenvalue weighted by molar-refractivity contribution is -0.134. The number of aliphatic hydroxyl groups is 1. The van der Waals surface area contributed by atoms with Gasteiger partial charge in [-0.05, 0) is 38.4 Å². The van der Waals surface area contributed by atoms with E-state index in [1.807, 2.05) is 16.7 Å². The van der Waals surface area contributed by atoms with E-state index in [0.717, 1.165) is 39.3 Å². The lowest BCUT2D eigenvalue weighted by Gasteiger charge is -2.36. The average molecular weight is 348 g/mol. The number of amides is 1. The molecule has 1 aliphatic heterocycles. The van der Waals surface area contributed by atoms with Crippen molar-refractivity contribution in [1.29, 1.82) is 0 Å². The number of piperazine rings is 1. The van der Waals surface area contributed by atoms with Gasteiger partial charge in [-0.2, -0.15) is 0 Å². The number of aryl methyl sites for hydroxylation is 1. The highest BCUT2D eigenvalue weighted by atomic mass is 16.3. The van der Waals surface area contributed by atoms with Crippen LogP contribution in [0.15, 0.2) is 24.3 Å². The van der Waals surface area contributed by atoms with Crippen LogP contribution in [-0.2, 0) is 11.3 Å². The SMILES string of the molecule is CCN(CC(=O)N1CCN(Cc2ccccc2C)CC1)CC(C)(C)O. The number of hydrogen-bond acceptors (Lipinski definition) is 4. The van der Waals surface area contributed by atoms with Gasteiger partial charge in [0.05, 0.1) is 12.1 Å². The molecule has 2 rings (SSSR count). The number of carbonyl (C=O) groups excluding carboxylic acids is 1. The van der Waals surface area contributed by atoms with Crippen molar-refractivity contribution in [2.75, 3.05) is 45.8 Å². The topological polar surface area (TPSA) is 47.0 Å². The van der Waals surface area contributed by atoms with Crippen LogP contribution in [0.4, 0.5) is 0 Å². The van der Waals surface area contributed by atoms with Gasteiger partial charge in [-0.1, -0.05) is 31.2 Å². The smallest absolute Gasteiger partial charge is 0.236 e. The van der Waals surface area contributed by atoms with Crippen LogP contribution in [0.2, 0.25) is 0 Å². The summed E-state index contributed by atoms with van der Waals surface area (Å²) in [7, 11) is 0. The van der Waals surface area contributed by atoms with Crippen molar-refractivity contribution in [1.82, 2.24) is 14.7 Å². The summed E-state index contributed by atoms with van der Waals surface area (Å²) in [5.41, 5.74) is 1.92. The van der Waals surface area contributed by atoms with Gasteiger partial charge in [0.25, 0.3) is 0 Å². The van der Waals surface area contributed by atoms with E-state index in [4.69, 9.17) is 0 Å². The van der Waals surface area contributed by atoms with Crippen LogP contribution in [0, 0.1) is 6.92 Å². The Hall–Kier alpha value is -1.43. The first-order valence-electron chi connectivity index (χ1n) is 9.28. The van der Waals surface area contributed by atoms with Gasteiger partial charge < -0.3 is 10.0 Å². The first-order valence-corrected chi connectivity index (χ1v) is 9.28. The van der Waals surface area contributed by atoms with Crippen LogP contribution in [0.25, 0.3) is 0 Å². The minimum atomic E-state index is -0.775. The lowest BCUT2D eigenvalue weighted by Crippen LogP contribution is -2.52. The zero-order valence-corrected chi connectivity index (χ0v) is 16.2. The predicted octanol–water partition coefficient (Wildman–Crippen LogP) is 1.73. The second-order valence-corrected chi connectivity index (χ2v) is 7.70. The van der Waals surface area contributed by atoms with E-state index in [-0.39, 0.29) is 5.91 Å². The molecule has 1 aliphatic rings. The van der Waals surface area contributed by atoms with Crippen molar-refractivity contribution in [2.24, 2.45) is 0 Å². The first kappa shape index (κ1) is 19.9. The molecule has 1 saturated heterocycles. The van der Waals surface area contributed by atoms with Gasteiger partial charge in [0, 0.05) is 39.3 Å². The molecule has 140 valence electrons. The van der Waals surface area contributed by atoms with Crippen LogP contribution in [-0.4, -0.2) is 77.1 Å². The molecule has 1 aromatic rings. The monoisotopic (exact) mass is 347 g/mol. The Morgan fingerprint density at radius 2 is 1.84 bits per heavy atom. The molecule has 0 aliphatic carbocycles. The van der Waals surface area contributed by atoms with Crippen molar-refractivity contribution in [2.45, 2.75) is 39.8 Å². The van der Waals surface area contributed by atoms with Crippen molar-refractivity contribution in [3.8, 4) is 0 Å². The van der Waals surface area contributed by atoms with Gasteiger partial charge >= 0.3 is 0 Å². The third kappa shape index (κ3) is 6.42. The molecule has 0 unspecified atom stereocenters. The van der Waals surface area contributed by atoms with Crippen molar-refractivity contribution >= 4 is 5.91 Å². The van der Waals surface area contributed by atoms with Crippen LogP contribution >= 0.6 is 0 Å². The summed E-state index contributed by atoms with van der Waals surface area (Å²) in [6.45, 7) is 13.8. The van der Waals surface area contributed by atoms with E-state index in [1.165, 1.54) is 11.1 Å². The molecule has 1 amide bonds. The molecule has 5 nitrogen and oxygen atoms in total. The highest BCUT2D eigenvalue weighted by molar-refractivity contribution is 5.78. The van der Waals surface area contributed by atoms with Crippen LogP contribution in [0.1, 0.15) is 31.9 Å². The molecule has 0 bridgehead atoms. The zero-order chi connectivity index (χ0) is 18.4. The summed E-state index contributed by atoms with van der Waals surface area (Å²) in [5, 5.41) is 9.97. The molecule has 5 heteroatoms. The Morgan fingerprint density at radius 1 is 1.20 bits per heavy atom. The third-order valence-electron chi connectivity index (χ3n) is 4.80. The fourth-order valence-electron chi connectivity index (χ4n) is 3.30. The number of hydrogen-bond donors (Lipinski definition) is 1. The Balaban J connectivity index is 1.81. The van der Waals surface area contributed by atoms with Gasteiger partial charge in [0.1, 0.15) is 0 Å². The molecule has 25 heavy (non-hydrogen) atoms. The molecule has 0 atom stereocenters. The Kier molecular flexibility index (Phi) is 6.99. The summed E-state index contributed by atoms with van der Waals surface area (Å²) in [4.78, 5) is 18.9. The molecular formula is C20H33N3O2. The third-order valence-corrected chi connectivity index (χ3v) is 4.80. The number of benzene rings is 1. The van der Waals surface area contributed by atoms with Gasteiger partial charge in [-0.3, -0.25) is 14.6 Å². The summed E-state index contributed by atoms with van der Waals surface area (Å²) >= 11 is 0. The second-order valence-electron chi connectivity index (χ2n) is 7.70. The summed E-state index contributed by atoms with van der Waals surface area (Å²) < 4.78 is 0. The van der Waals surface area contributed by atoms with Crippen molar-refractivity contribution in [3.63, 3.8) is 0 Å². The minimum Gasteiger partial charge on any atom is -0.389 e. The van der Waals surface area contributed by atoms with E-state index in [0.29, 0.717) is 13.1 Å². The fourth-order valence-corrected chi connectivity index (χ4v) is 3.30. The summed E-state index contributed by atoms with van der Waals surface area (Å²) in [5.74, 6) is 0.168. The number of carbonyl (C=O) groups is 1. The quantitative estimate of drug-likeness (QED) is 0.816. The normalized spacial score (nSPS) is 16.5. The predicted molar refractivity (Wildman–Crippen MR) is 101 cm³/mol.